The molecule has 1 amide bonds. The minimum Gasteiger partial charge on any atom is -0.385 e. The van der Waals surface area contributed by atoms with Gasteiger partial charge in [-0.05, 0) is 31.1 Å². The van der Waals surface area contributed by atoms with Crippen LogP contribution in [0.1, 0.15) is 58.4 Å². The topological polar surface area (TPSA) is 58.4 Å². The number of rotatable bonds is 6. The summed E-state index contributed by atoms with van der Waals surface area (Å²) in [5, 5.41) is 10.5. The molecule has 23 heavy (non-hydrogen) atoms. The Labute approximate surface area is 139 Å². The Balaban J connectivity index is 1.93. The lowest BCUT2D eigenvalue weighted by molar-refractivity contribution is -0.139. The van der Waals surface area contributed by atoms with Crippen LogP contribution < -0.4 is 0 Å². The highest BCUT2D eigenvalue weighted by Crippen LogP contribution is 2.31. The van der Waals surface area contributed by atoms with Crippen LogP contribution in [0.4, 0.5) is 0 Å². The molecule has 0 radical (unpaired) electrons. The third-order valence-corrected chi connectivity index (χ3v) is 5.14. The number of carbonyl (C=O) groups is 1. The average Bonchev–Trinajstić information content (AvgIpc) is 2.97. The number of amides is 1. The van der Waals surface area contributed by atoms with Gasteiger partial charge in [-0.3, -0.25) is 4.79 Å². The molecule has 0 aliphatic carbocycles. The molecule has 2 rings (SSSR count). The van der Waals surface area contributed by atoms with Crippen LogP contribution in [-0.4, -0.2) is 38.6 Å². The molecular weight excluding hydrogens is 290 g/mol. The molecule has 1 N–H and O–H groups in total. The van der Waals surface area contributed by atoms with Gasteiger partial charge in [-0.2, -0.15) is 0 Å². The molecule has 1 aromatic rings. The van der Waals surface area contributed by atoms with E-state index in [1.165, 1.54) is 0 Å². The molecule has 0 bridgehead atoms. The van der Waals surface area contributed by atoms with E-state index in [0.717, 1.165) is 44.6 Å². The molecule has 0 aromatic carbocycles. The van der Waals surface area contributed by atoms with Crippen LogP contribution in [-0.2, 0) is 11.8 Å². The van der Waals surface area contributed by atoms with E-state index in [1.54, 1.807) is 6.20 Å². The van der Waals surface area contributed by atoms with E-state index in [4.69, 9.17) is 0 Å². The summed E-state index contributed by atoms with van der Waals surface area (Å²) in [4.78, 5) is 19.0. The highest BCUT2D eigenvalue weighted by molar-refractivity contribution is 5.79. The Kier molecular flexibility index (Phi) is 6.22. The van der Waals surface area contributed by atoms with E-state index in [2.05, 4.69) is 25.8 Å². The number of nitrogens with zero attached hydrogens (tertiary/aromatic N) is 3. The molecule has 1 fully saturated rings. The molecule has 130 valence electrons. The molecule has 2 heterocycles. The van der Waals surface area contributed by atoms with Gasteiger partial charge < -0.3 is 14.6 Å². The predicted molar refractivity (Wildman–Crippen MR) is 90.7 cm³/mol. The summed E-state index contributed by atoms with van der Waals surface area (Å²) in [7, 11) is 1.90. The van der Waals surface area contributed by atoms with Crippen molar-refractivity contribution in [1.29, 1.82) is 0 Å². The maximum Gasteiger partial charge on any atom is 0.225 e. The van der Waals surface area contributed by atoms with E-state index >= 15 is 0 Å². The summed E-state index contributed by atoms with van der Waals surface area (Å²) in [5.74, 6) is 1.73. The van der Waals surface area contributed by atoms with E-state index in [1.807, 2.05) is 22.7 Å². The minimum atomic E-state index is -0.538. The quantitative estimate of drug-likeness (QED) is 0.876. The molecule has 1 aromatic heterocycles. The van der Waals surface area contributed by atoms with Gasteiger partial charge >= 0.3 is 0 Å². The first-order valence-electron chi connectivity index (χ1n) is 8.89. The number of aromatic nitrogens is 2. The SMILES string of the molecule is CCCC(C(=O)N1CCC(C(O)c2nccn2C)CC1)C(C)C. The number of piperidine rings is 1. The van der Waals surface area contributed by atoms with E-state index in [-0.39, 0.29) is 11.8 Å². The summed E-state index contributed by atoms with van der Waals surface area (Å²) in [6.07, 6.45) is 6.73. The Morgan fingerprint density at radius 2 is 2.04 bits per heavy atom. The van der Waals surface area contributed by atoms with Crippen molar-refractivity contribution in [1.82, 2.24) is 14.5 Å². The van der Waals surface area contributed by atoms with Crippen molar-refractivity contribution in [2.45, 2.75) is 52.6 Å². The van der Waals surface area contributed by atoms with Gasteiger partial charge in [-0.15, -0.1) is 0 Å². The number of hydrogen-bond acceptors (Lipinski definition) is 3. The van der Waals surface area contributed by atoms with Crippen molar-refractivity contribution in [2.24, 2.45) is 24.8 Å². The van der Waals surface area contributed by atoms with Crippen molar-refractivity contribution < 1.29 is 9.90 Å². The van der Waals surface area contributed by atoms with Gasteiger partial charge in [0.25, 0.3) is 0 Å². The second-order valence-corrected chi connectivity index (χ2v) is 7.14. The number of aliphatic hydroxyl groups excluding tert-OH is 1. The molecule has 2 unspecified atom stereocenters. The summed E-state index contributed by atoms with van der Waals surface area (Å²) < 4.78 is 1.87. The zero-order valence-electron chi connectivity index (χ0n) is 14.9. The van der Waals surface area contributed by atoms with Crippen molar-refractivity contribution in [3.63, 3.8) is 0 Å². The third kappa shape index (κ3) is 4.14. The van der Waals surface area contributed by atoms with Crippen molar-refractivity contribution >= 4 is 5.91 Å². The fourth-order valence-electron chi connectivity index (χ4n) is 3.60. The lowest BCUT2D eigenvalue weighted by Gasteiger charge is -2.36. The zero-order valence-corrected chi connectivity index (χ0v) is 14.9. The second kappa shape index (κ2) is 7.95. The number of aryl methyl sites for hydroxylation is 1. The number of aliphatic hydroxyl groups is 1. The molecule has 2 atom stereocenters. The Hall–Kier alpha value is -1.36. The largest absolute Gasteiger partial charge is 0.385 e. The minimum absolute atomic E-state index is 0.135. The van der Waals surface area contributed by atoms with Gasteiger partial charge in [0.05, 0.1) is 0 Å². The highest BCUT2D eigenvalue weighted by atomic mass is 16.3. The summed E-state index contributed by atoms with van der Waals surface area (Å²) >= 11 is 0. The van der Waals surface area contributed by atoms with Crippen LogP contribution in [0, 0.1) is 17.8 Å². The second-order valence-electron chi connectivity index (χ2n) is 7.14. The fourth-order valence-corrected chi connectivity index (χ4v) is 3.60. The van der Waals surface area contributed by atoms with Crippen LogP contribution in [0.3, 0.4) is 0 Å². The average molecular weight is 321 g/mol. The van der Waals surface area contributed by atoms with Crippen molar-refractivity contribution in [3.8, 4) is 0 Å². The van der Waals surface area contributed by atoms with Crippen LogP contribution >= 0.6 is 0 Å². The molecule has 0 spiro atoms. The summed E-state index contributed by atoms with van der Waals surface area (Å²) in [6.45, 7) is 7.90. The van der Waals surface area contributed by atoms with Gasteiger partial charge in [-0.25, -0.2) is 4.98 Å². The van der Waals surface area contributed by atoms with Crippen LogP contribution in [0.2, 0.25) is 0 Å². The van der Waals surface area contributed by atoms with Crippen LogP contribution in [0.15, 0.2) is 12.4 Å². The summed E-state index contributed by atoms with van der Waals surface area (Å²) in [5.41, 5.74) is 0. The number of hydrogen-bond donors (Lipinski definition) is 1. The van der Waals surface area contributed by atoms with Gasteiger partial charge in [0, 0.05) is 38.4 Å². The third-order valence-electron chi connectivity index (χ3n) is 5.14. The molecule has 0 saturated carbocycles. The zero-order chi connectivity index (χ0) is 17.0. The summed E-state index contributed by atoms with van der Waals surface area (Å²) in [6, 6.07) is 0. The number of imidazole rings is 1. The Morgan fingerprint density at radius 1 is 1.39 bits per heavy atom. The molecule has 1 aliphatic heterocycles. The van der Waals surface area contributed by atoms with Gasteiger partial charge in [0.15, 0.2) is 0 Å². The van der Waals surface area contributed by atoms with Crippen LogP contribution in [0.5, 0.6) is 0 Å². The lowest BCUT2D eigenvalue weighted by Crippen LogP contribution is -2.44. The lowest BCUT2D eigenvalue weighted by atomic mass is 9.87. The maximum absolute atomic E-state index is 12.7. The number of likely N-dealkylation sites (tertiary alicyclic amines) is 1. The molecular formula is C18H31N3O2. The predicted octanol–water partition coefficient (Wildman–Crippen LogP) is 2.76. The molecule has 5 heteroatoms. The van der Waals surface area contributed by atoms with Gasteiger partial charge in [0.2, 0.25) is 5.91 Å². The van der Waals surface area contributed by atoms with Crippen LogP contribution in [0.25, 0.3) is 0 Å². The maximum atomic E-state index is 12.7. The fraction of sp³-hybridized carbons (Fsp3) is 0.778. The molecule has 1 aliphatic rings. The smallest absolute Gasteiger partial charge is 0.225 e. The first-order valence-corrected chi connectivity index (χ1v) is 8.89. The Bertz CT molecular complexity index is 504. The van der Waals surface area contributed by atoms with Gasteiger partial charge in [0.1, 0.15) is 11.9 Å². The number of carbonyl (C=O) groups excluding carboxylic acids is 1. The van der Waals surface area contributed by atoms with E-state index in [9.17, 15) is 9.90 Å². The standard InChI is InChI=1S/C18H31N3O2/c1-5-6-15(13(2)3)18(23)21-10-7-14(8-11-21)16(22)17-19-9-12-20(17)4/h9,12-16,22H,5-8,10-11H2,1-4H3. The molecule has 1 saturated heterocycles. The normalized spacial score (nSPS) is 19.1. The van der Waals surface area contributed by atoms with E-state index < -0.39 is 6.10 Å². The first-order chi connectivity index (χ1) is 11.0. The van der Waals surface area contributed by atoms with Crippen molar-refractivity contribution in [2.75, 3.05) is 13.1 Å². The monoisotopic (exact) mass is 321 g/mol. The van der Waals surface area contributed by atoms with Gasteiger partial charge in [-0.1, -0.05) is 27.2 Å². The molecule has 5 nitrogen and oxygen atoms in total. The van der Waals surface area contributed by atoms with E-state index in [0.29, 0.717) is 11.8 Å². The first kappa shape index (κ1) is 18.0. The highest BCUT2D eigenvalue weighted by Gasteiger charge is 2.33. The van der Waals surface area contributed by atoms with Crippen molar-refractivity contribution in [3.05, 3.63) is 18.2 Å². The Morgan fingerprint density at radius 3 is 2.52 bits per heavy atom.